The Balaban J connectivity index is 2.01. The van der Waals surface area contributed by atoms with Crippen molar-refractivity contribution in [1.29, 1.82) is 0 Å². The van der Waals surface area contributed by atoms with Crippen LogP contribution in [0.5, 0.6) is 5.75 Å². The van der Waals surface area contributed by atoms with E-state index in [4.69, 9.17) is 4.55 Å². The molecule has 0 aliphatic heterocycles. The Morgan fingerprint density at radius 1 is 1.19 bits per heavy atom. The standard InChI is InChI=1S/C15H16O5S/c1-9-2-5-13-12-7-4-11(20-21(17,18)19)8-10(12)3-6-14(13)15(9)16/h4,7-9H,2-3,5-6H2,1H3,(H,17,18,19)/t9-/m0/s1. The highest BCUT2D eigenvalue weighted by atomic mass is 32.3. The highest BCUT2D eigenvalue weighted by Crippen LogP contribution is 2.41. The van der Waals surface area contributed by atoms with Gasteiger partial charge in [-0.05, 0) is 60.1 Å². The largest absolute Gasteiger partial charge is 0.446 e. The van der Waals surface area contributed by atoms with Crippen LogP contribution in [0.15, 0.2) is 23.8 Å². The summed E-state index contributed by atoms with van der Waals surface area (Å²) in [6, 6.07) is 4.90. The molecule has 0 heterocycles. The van der Waals surface area contributed by atoms with Gasteiger partial charge in [0, 0.05) is 5.92 Å². The van der Waals surface area contributed by atoms with E-state index in [9.17, 15) is 13.2 Å². The molecule has 1 N–H and O–H groups in total. The first-order valence-electron chi connectivity index (χ1n) is 6.91. The first kappa shape index (κ1) is 14.3. The lowest BCUT2D eigenvalue weighted by Crippen LogP contribution is -2.23. The Kier molecular flexibility index (Phi) is 3.37. The third kappa shape index (κ3) is 2.73. The van der Waals surface area contributed by atoms with Gasteiger partial charge < -0.3 is 4.18 Å². The van der Waals surface area contributed by atoms with Crippen LogP contribution in [0.2, 0.25) is 0 Å². The number of Topliss-reactive ketones (excluding diaryl/α,β-unsaturated/α-hetero) is 1. The van der Waals surface area contributed by atoms with E-state index < -0.39 is 10.4 Å². The fraction of sp³-hybridized carbons (Fsp3) is 0.400. The van der Waals surface area contributed by atoms with Crippen LogP contribution in [-0.4, -0.2) is 18.8 Å². The molecule has 6 heteroatoms. The van der Waals surface area contributed by atoms with Gasteiger partial charge >= 0.3 is 10.4 Å². The predicted molar refractivity (Wildman–Crippen MR) is 77.3 cm³/mol. The number of hydrogen-bond donors (Lipinski definition) is 1. The molecule has 112 valence electrons. The highest BCUT2D eigenvalue weighted by molar-refractivity contribution is 7.81. The van der Waals surface area contributed by atoms with Gasteiger partial charge in [0.05, 0.1) is 0 Å². The molecule has 3 rings (SSSR count). The predicted octanol–water partition coefficient (Wildman–Crippen LogP) is 2.57. The van der Waals surface area contributed by atoms with Crippen molar-refractivity contribution in [1.82, 2.24) is 0 Å². The molecule has 0 unspecified atom stereocenters. The highest BCUT2D eigenvalue weighted by Gasteiger charge is 2.30. The van der Waals surface area contributed by atoms with Crippen molar-refractivity contribution in [2.24, 2.45) is 5.92 Å². The van der Waals surface area contributed by atoms with E-state index in [2.05, 4.69) is 4.18 Å². The molecule has 0 saturated heterocycles. The van der Waals surface area contributed by atoms with Crippen molar-refractivity contribution < 1.29 is 21.9 Å². The van der Waals surface area contributed by atoms with Crippen LogP contribution in [-0.2, 0) is 21.6 Å². The Labute approximate surface area is 123 Å². The van der Waals surface area contributed by atoms with E-state index in [0.717, 1.165) is 35.1 Å². The molecular formula is C15H16O5S. The molecule has 1 atom stereocenters. The number of fused-ring (bicyclic) bond motifs is 2. The molecule has 1 aromatic rings. The smallest absolute Gasteiger partial charge is 0.362 e. The lowest BCUT2D eigenvalue weighted by atomic mass is 9.74. The Morgan fingerprint density at radius 3 is 2.67 bits per heavy atom. The molecule has 1 aromatic carbocycles. The van der Waals surface area contributed by atoms with Gasteiger partial charge in [-0.1, -0.05) is 13.0 Å². The van der Waals surface area contributed by atoms with Crippen LogP contribution in [0.25, 0.3) is 5.57 Å². The molecule has 0 radical (unpaired) electrons. The zero-order valence-electron chi connectivity index (χ0n) is 11.6. The Morgan fingerprint density at radius 2 is 1.95 bits per heavy atom. The van der Waals surface area contributed by atoms with Crippen LogP contribution in [0.3, 0.4) is 0 Å². The monoisotopic (exact) mass is 308 g/mol. The summed E-state index contributed by atoms with van der Waals surface area (Å²) in [6.07, 6.45) is 3.07. The van der Waals surface area contributed by atoms with Gasteiger partial charge in [-0.3, -0.25) is 9.35 Å². The third-order valence-electron chi connectivity index (χ3n) is 4.18. The van der Waals surface area contributed by atoms with E-state index in [1.54, 1.807) is 12.1 Å². The molecule has 21 heavy (non-hydrogen) atoms. The summed E-state index contributed by atoms with van der Waals surface area (Å²) < 4.78 is 34.7. The second-order valence-electron chi connectivity index (χ2n) is 5.59. The Hall–Kier alpha value is -1.66. The lowest BCUT2D eigenvalue weighted by molar-refractivity contribution is -0.119. The van der Waals surface area contributed by atoms with Crippen molar-refractivity contribution in [2.75, 3.05) is 0 Å². The van der Waals surface area contributed by atoms with Crippen LogP contribution < -0.4 is 4.18 Å². The average molecular weight is 308 g/mol. The fourth-order valence-electron chi connectivity index (χ4n) is 3.16. The minimum Gasteiger partial charge on any atom is -0.362 e. The summed E-state index contributed by atoms with van der Waals surface area (Å²) in [5.74, 6) is 0.420. The van der Waals surface area contributed by atoms with Gasteiger partial charge in [0.15, 0.2) is 5.78 Å². The zero-order valence-corrected chi connectivity index (χ0v) is 12.4. The van der Waals surface area contributed by atoms with E-state index in [0.29, 0.717) is 12.8 Å². The number of aryl methyl sites for hydroxylation is 1. The van der Waals surface area contributed by atoms with Crippen LogP contribution in [0.1, 0.15) is 37.3 Å². The zero-order chi connectivity index (χ0) is 15.2. The maximum atomic E-state index is 12.2. The normalized spacial score (nSPS) is 21.8. The summed E-state index contributed by atoms with van der Waals surface area (Å²) in [7, 11) is -4.51. The van der Waals surface area contributed by atoms with Crippen molar-refractivity contribution in [3.05, 3.63) is 34.9 Å². The molecule has 0 bridgehead atoms. The maximum absolute atomic E-state index is 12.2. The van der Waals surface area contributed by atoms with Gasteiger partial charge in [-0.15, -0.1) is 0 Å². The van der Waals surface area contributed by atoms with Gasteiger partial charge in [0.1, 0.15) is 5.75 Å². The van der Waals surface area contributed by atoms with Crippen LogP contribution in [0.4, 0.5) is 0 Å². The molecule has 0 amide bonds. The average Bonchev–Trinajstić information content (AvgIpc) is 2.40. The molecule has 0 aromatic heterocycles. The topological polar surface area (TPSA) is 80.7 Å². The minimum absolute atomic E-state index is 0.0902. The number of carbonyl (C=O) groups is 1. The number of hydrogen-bond acceptors (Lipinski definition) is 4. The molecule has 0 saturated carbocycles. The second kappa shape index (κ2) is 4.96. The van der Waals surface area contributed by atoms with E-state index in [-0.39, 0.29) is 17.5 Å². The van der Waals surface area contributed by atoms with Crippen LogP contribution >= 0.6 is 0 Å². The van der Waals surface area contributed by atoms with Gasteiger partial charge in [0.2, 0.25) is 0 Å². The number of allylic oxidation sites excluding steroid dienone is 2. The quantitative estimate of drug-likeness (QED) is 0.849. The summed E-state index contributed by atoms with van der Waals surface area (Å²) in [6.45, 7) is 1.96. The summed E-state index contributed by atoms with van der Waals surface area (Å²) in [5.41, 5.74) is 3.96. The maximum Gasteiger partial charge on any atom is 0.446 e. The van der Waals surface area contributed by atoms with E-state index >= 15 is 0 Å². The van der Waals surface area contributed by atoms with Crippen molar-refractivity contribution >= 4 is 21.8 Å². The molecule has 2 aliphatic carbocycles. The summed E-state index contributed by atoms with van der Waals surface area (Å²) in [4.78, 5) is 12.2. The number of ketones is 1. The number of carbonyl (C=O) groups excluding carboxylic acids is 1. The fourth-order valence-corrected chi connectivity index (χ4v) is 3.51. The van der Waals surface area contributed by atoms with Crippen molar-refractivity contribution in [2.45, 2.75) is 32.6 Å². The minimum atomic E-state index is -4.51. The summed E-state index contributed by atoms with van der Waals surface area (Å²) in [5, 5.41) is 0. The van der Waals surface area contributed by atoms with Gasteiger partial charge in [-0.25, -0.2) is 0 Å². The van der Waals surface area contributed by atoms with Crippen molar-refractivity contribution in [3.8, 4) is 5.75 Å². The van der Waals surface area contributed by atoms with Crippen LogP contribution in [0, 0.1) is 5.92 Å². The molecule has 0 fully saturated rings. The first-order valence-corrected chi connectivity index (χ1v) is 8.28. The third-order valence-corrected chi connectivity index (χ3v) is 4.59. The van der Waals surface area contributed by atoms with E-state index in [1.807, 2.05) is 6.92 Å². The Bertz CT molecular complexity index is 745. The molecule has 2 aliphatic rings. The number of benzene rings is 1. The first-order chi connectivity index (χ1) is 9.85. The van der Waals surface area contributed by atoms with E-state index in [1.165, 1.54) is 6.07 Å². The molecule has 5 nitrogen and oxygen atoms in total. The van der Waals surface area contributed by atoms with Gasteiger partial charge in [0.25, 0.3) is 0 Å². The SMILES string of the molecule is C[C@H]1CCC2=C(CCc3cc(OS(=O)(=O)O)ccc32)C1=O. The lowest BCUT2D eigenvalue weighted by Gasteiger charge is -2.29. The van der Waals surface area contributed by atoms with Gasteiger partial charge in [-0.2, -0.15) is 8.42 Å². The number of rotatable bonds is 2. The van der Waals surface area contributed by atoms with Crippen molar-refractivity contribution in [3.63, 3.8) is 0 Å². The molecule has 0 spiro atoms. The summed E-state index contributed by atoms with van der Waals surface area (Å²) >= 11 is 0. The second-order valence-corrected chi connectivity index (χ2v) is 6.61. The molecular weight excluding hydrogens is 292 g/mol.